The molecule has 2 aromatic rings. The molecule has 0 saturated heterocycles. The van der Waals surface area contributed by atoms with E-state index in [9.17, 15) is 4.79 Å². The summed E-state index contributed by atoms with van der Waals surface area (Å²) in [5.74, 6) is 0.468. The van der Waals surface area contributed by atoms with Gasteiger partial charge in [-0.25, -0.2) is 4.98 Å². The number of anilines is 1. The lowest BCUT2D eigenvalue weighted by Gasteiger charge is -1.99. The molecule has 0 spiro atoms. The number of carbonyl (C=O) groups is 1. The first kappa shape index (κ1) is 7.73. The van der Waals surface area contributed by atoms with E-state index in [2.05, 4.69) is 4.98 Å². The van der Waals surface area contributed by atoms with Crippen molar-refractivity contribution in [2.45, 2.75) is 0 Å². The van der Waals surface area contributed by atoms with E-state index in [4.69, 9.17) is 5.73 Å². The minimum Gasteiger partial charge on any atom is -0.384 e. The van der Waals surface area contributed by atoms with Crippen LogP contribution < -0.4 is 5.73 Å². The quantitative estimate of drug-likeness (QED) is 0.665. The van der Waals surface area contributed by atoms with E-state index in [0.29, 0.717) is 11.4 Å². The lowest BCUT2D eigenvalue weighted by molar-refractivity contribution is 0.112. The third-order valence-corrected chi connectivity index (χ3v) is 1.91. The van der Waals surface area contributed by atoms with Gasteiger partial charge in [0.15, 0.2) is 6.29 Å². The number of benzene rings is 1. The molecule has 2 N–H and O–H groups in total. The third-order valence-electron chi connectivity index (χ3n) is 1.91. The number of nitrogens with zero attached hydrogens (tertiary/aromatic N) is 1. The van der Waals surface area contributed by atoms with E-state index < -0.39 is 0 Å². The van der Waals surface area contributed by atoms with Gasteiger partial charge >= 0.3 is 0 Å². The SMILES string of the molecule is Nc1ccc2c(C=O)cccc2n1. The number of hydrogen-bond donors (Lipinski definition) is 1. The fraction of sp³-hybridized carbons (Fsp3) is 0. The standard InChI is InChI=1S/C10H8N2O/c11-10-5-4-8-7(6-13)2-1-3-9(8)12-10/h1-6H,(H2,11,12). The van der Waals surface area contributed by atoms with E-state index in [0.717, 1.165) is 17.2 Å². The average molecular weight is 172 g/mol. The molecule has 0 atom stereocenters. The van der Waals surface area contributed by atoms with Crippen LogP contribution >= 0.6 is 0 Å². The van der Waals surface area contributed by atoms with Crippen LogP contribution in [-0.4, -0.2) is 11.3 Å². The average Bonchev–Trinajstić information content (AvgIpc) is 2.16. The van der Waals surface area contributed by atoms with Gasteiger partial charge in [0.05, 0.1) is 5.52 Å². The first-order valence-electron chi connectivity index (χ1n) is 3.91. The summed E-state index contributed by atoms with van der Waals surface area (Å²) < 4.78 is 0. The molecule has 64 valence electrons. The Bertz CT molecular complexity index is 465. The Morgan fingerprint density at radius 2 is 2.08 bits per heavy atom. The highest BCUT2D eigenvalue weighted by Crippen LogP contribution is 2.16. The fourth-order valence-corrected chi connectivity index (χ4v) is 1.30. The van der Waals surface area contributed by atoms with Crippen molar-refractivity contribution in [3.05, 3.63) is 35.9 Å². The number of aromatic nitrogens is 1. The van der Waals surface area contributed by atoms with Crippen molar-refractivity contribution in [3.8, 4) is 0 Å². The molecule has 0 aliphatic carbocycles. The van der Waals surface area contributed by atoms with E-state index >= 15 is 0 Å². The maximum Gasteiger partial charge on any atom is 0.150 e. The molecule has 0 saturated carbocycles. The Morgan fingerprint density at radius 1 is 1.23 bits per heavy atom. The second-order valence-corrected chi connectivity index (χ2v) is 2.77. The lowest BCUT2D eigenvalue weighted by atomic mass is 10.1. The van der Waals surface area contributed by atoms with Gasteiger partial charge in [0.25, 0.3) is 0 Å². The number of hydrogen-bond acceptors (Lipinski definition) is 3. The molecular weight excluding hydrogens is 164 g/mol. The summed E-state index contributed by atoms with van der Waals surface area (Å²) in [7, 11) is 0. The Kier molecular flexibility index (Phi) is 1.70. The molecule has 2 rings (SSSR count). The van der Waals surface area contributed by atoms with Gasteiger partial charge in [0.2, 0.25) is 0 Å². The first-order chi connectivity index (χ1) is 6.31. The van der Waals surface area contributed by atoms with Crippen LogP contribution in [-0.2, 0) is 0 Å². The van der Waals surface area contributed by atoms with Crippen LogP contribution in [0.25, 0.3) is 10.9 Å². The highest BCUT2D eigenvalue weighted by atomic mass is 16.1. The minimum atomic E-state index is 0.468. The molecule has 1 aromatic carbocycles. The van der Waals surface area contributed by atoms with Gasteiger partial charge in [-0.2, -0.15) is 0 Å². The zero-order valence-corrected chi connectivity index (χ0v) is 6.90. The predicted molar refractivity (Wildman–Crippen MR) is 51.5 cm³/mol. The number of aldehydes is 1. The summed E-state index contributed by atoms with van der Waals surface area (Å²) in [5, 5.41) is 0.840. The summed E-state index contributed by atoms with van der Waals surface area (Å²) in [6, 6.07) is 8.88. The van der Waals surface area contributed by atoms with Gasteiger partial charge in [-0.05, 0) is 18.2 Å². The van der Waals surface area contributed by atoms with Crippen molar-refractivity contribution in [3.63, 3.8) is 0 Å². The number of nitrogen functional groups attached to an aromatic ring is 1. The van der Waals surface area contributed by atoms with Crippen LogP contribution in [0.1, 0.15) is 10.4 Å². The first-order valence-corrected chi connectivity index (χ1v) is 3.91. The molecule has 0 radical (unpaired) electrons. The smallest absolute Gasteiger partial charge is 0.150 e. The normalized spacial score (nSPS) is 10.2. The molecule has 0 unspecified atom stereocenters. The summed E-state index contributed by atoms with van der Waals surface area (Å²) >= 11 is 0. The Morgan fingerprint density at radius 3 is 2.85 bits per heavy atom. The second-order valence-electron chi connectivity index (χ2n) is 2.77. The molecule has 0 aliphatic heterocycles. The summed E-state index contributed by atoms with van der Waals surface area (Å²) in [6.45, 7) is 0. The van der Waals surface area contributed by atoms with Gasteiger partial charge < -0.3 is 5.73 Å². The number of rotatable bonds is 1. The molecule has 0 aliphatic rings. The zero-order chi connectivity index (χ0) is 9.26. The van der Waals surface area contributed by atoms with Gasteiger partial charge in [0.1, 0.15) is 5.82 Å². The van der Waals surface area contributed by atoms with Gasteiger partial charge in [-0.15, -0.1) is 0 Å². The van der Waals surface area contributed by atoms with Crippen molar-refractivity contribution >= 4 is 23.0 Å². The molecule has 3 nitrogen and oxygen atoms in total. The van der Waals surface area contributed by atoms with E-state index in [1.165, 1.54) is 0 Å². The molecule has 1 aromatic heterocycles. The molecule has 0 fully saturated rings. The van der Waals surface area contributed by atoms with Crippen molar-refractivity contribution in [1.29, 1.82) is 0 Å². The van der Waals surface area contributed by atoms with E-state index in [1.807, 2.05) is 6.07 Å². The summed E-state index contributed by atoms with van der Waals surface area (Å²) in [5.41, 5.74) is 6.91. The van der Waals surface area contributed by atoms with Crippen LogP contribution in [0.3, 0.4) is 0 Å². The van der Waals surface area contributed by atoms with Crippen molar-refractivity contribution < 1.29 is 4.79 Å². The zero-order valence-electron chi connectivity index (χ0n) is 6.90. The van der Waals surface area contributed by atoms with Crippen LogP contribution in [0.15, 0.2) is 30.3 Å². The molecule has 1 heterocycles. The molecule has 13 heavy (non-hydrogen) atoms. The topological polar surface area (TPSA) is 56.0 Å². The van der Waals surface area contributed by atoms with Crippen LogP contribution in [0.4, 0.5) is 5.82 Å². The molecule has 0 bridgehead atoms. The number of carbonyl (C=O) groups excluding carboxylic acids is 1. The van der Waals surface area contributed by atoms with Crippen molar-refractivity contribution in [2.24, 2.45) is 0 Å². The van der Waals surface area contributed by atoms with Gasteiger partial charge in [-0.1, -0.05) is 12.1 Å². The summed E-state index contributed by atoms with van der Waals surface area (Å²) in [4.78, 5) is 14.7. The van der Waals surface area contributed by atoms with Crippen molar-refractivity contribution in [2.75, 3.05) is 5.73 Å². The van der Waals surface area contributed by atoms with Crippen LogP contribution in [0.5, 0.6) is 0 Å². The van der Waals surface area contributed by atoms with E-state index in [1.54, 1.807) is 24.3 Å². The highest BCUT2D eigenvalue weighted by molar-refractivity contribution is 5.96. The highest BCUT2D eigenvalue weighted by Gasteiger charge is 1.99. The lowest BCUT2D eigenvalue weighted by Crippen LogP contribution is -1.91. The number of fused-ring (bicyclic) bond motifs is 1. The van der Waals surface area contributed by atoms with E-state index in [-0.39, 0.29) is 0 Å². The Balaban J connectivity index is 2.84. The maximum atomic E-state index is 10.6. The molecule has 3 heteroatoms. The Hall–Kier alpha value is -1.90. The second kappa shape index (κ2) is 2.86. The molecule has 0 amide bonds. The Labute approximate surface area is 75.2 Å². The minimum absolute atomic E-state index is 0.468. The number of nitrogens with two attached hydrogens (primary N) is 1. The van der Waals surface area contributed by atoms with Crippen LogP contribution in [0.2, 0.25) is 0 Å². The molecular formula is C10H8N2O. The fourth-order valence-electron chi connectivity index (χ4n) is 1.30. The largest absolute Gasteiger partial charge is 0.384 e. The monoisotopic (exact) mass is 172 g/mol. The van der Waals surface area contributed by atoms with Gasteiger partial charge in [0, 0.05) is 10.9 Å². The van der Waals surface area contributed by atoms with Crippen molar-refractivity contribution in [1.82, 2.24) is 4.98 Å². The van der Waals surface area contributed by atoms with Gasteiger partial charge in [-0.3, -0.25) is 4.79 Å². The maximum absolute atomic E-state index is 10.6. The predicted octanol–water partition coefficient (Wildman–Crippen LogP) is 1.63. The third kappa shape index (κ3) is 1.24. The van der Waals surface area contributed by atoms with Crippen LogP contribution in [0, 0.1) is 0 Å². The summed E-state index contributed by atoms with van der Waals surface area (Å²) in [6.07, 6.45) is 0.820. The number of pyridine rings is 1.